The normalized spacial score (nSPS) is 10.4. The molecule has 0 aliphatic rings. The zero-order valence-electron chi connectivity index (χ0n) is 9.05. The summed E-state index contributed by atoms with van der Waals surface area (Å²) in [7, 11) is 1.23. The van der Waals surface area contributed by atoms with Gasteiger partial charge in [0.25, 0.3) is 0 Å². The third-order valence-corrected chi connectivity index (χ3v) is 1.34. The molecule has 0 heterocycles. The van der Waals surface area contributed by atoms with Crippen LogP contribution in [0.25, 0.3) is 0 Å². The minimum Gasteiger partial charge on any atom is -0.478 e. The van der Waals surface area contributed by atoms with Crippen LogP contribution >= 0.6 is 0 Å². The van der Waals surface area contributed by atoms with Crippen molar-refractivity contribution in [3.05, 3.63) is 24.8 Å². The molecule has 0 aromatic rings. The second kappa shape index (κ2) is 9.88. The molecule has 0 saturated carbocycles. The Balaban J connectivity index is 0. The Hall–Kier alpha value is -1.66. The molecule has 16 heavy (non-hydrogen) atoms. The molecule has 0 amide bonds. The van der Waals surface area contributed by atoms with Crippen molar-refractivity contribution in [3.8, 4) is 0 Å². The van der Waals surface area contributed by atoms with Crippen LogP contribution in [0.3, 0.4) is 0 Å². The lowest BCUT2D eigenvalue weighted by Crippen LogP contribution is -2.16. The molecule has 0 saturated heterocycles. The molecule has 0 bridgehead atoms. The molecule has 0 spiro atoms. The highest BCUT2D eigenvalue weighted by molar-refractivity contribution is 5.87. The van der Waals surface area contributed by atoms with Gasteiger partial charge in [0, 0.05) is 18.1 Å². The van der Waals surface area contributed by atoms with E-state index in [9.17, 15) is 9.59 Å². The lowest BCUT2D eigenvalue weighted by atomic mass is 10.1. The van der Waals surface area contributed by atoms with Gasteiger partial charge in [0.1, 0.15) is 0 Å². The summed E-state index contributed by atoms with van der Waals surface area (Å²) in [5.41, 5.74) is 0.161. The molecule has 0 aliphatic carbocycles. The standard InChI is InChI=1S/C7H12O4.C3H4O2/c1-5(7(10)11-2)3-6(9)4-8;1-2-3(4)5/h6,8-9H,1,3-4H2,2H3;2H,1H2,(H,4,5). The Morgan fingerprint density at radius 2 is 1.94 bits per heavy atom. The Bertz CT molecular complexity index is 258. The first-order valence-electron chi connectivity index (χ1n) is 4.29. The molecule has 0 rings (SSSR count). The van der Waals surface area contributed by atoms with E-state index in [1.807, 2.05) is 0 Å². The number of rotatable bonds is 5. The van der Waals surface area contributed by atoms with Gasteiger partial charge in [-0.3, -0.25) is 0 Å². The minimum atomic E-state index is -0.981. The highest BCUT2D eigenvalue weighted by atomic mass is 16.5. The van der Waals surface area contributed by atoms with E-state index in [4.69, 9.17) is 15.3 Å². The van der Waals surface area contributed by atoms with Gasteiger partial charge in [-0.05, 0) is 0 Å². The third-order valence-electron chi connectivity index (χ3n) is 1.34. The van der Waals surface area contributed by atoms with E-state index in [2.05, 4.69) is 17.9 Å². The molecule has 6 heteroatoms. The Kier molecular flexibility index (Phi) is 10.3. The van der Waals surface area contributed by atoms with Crippen molar-refractivity contribution in [2.24, 2.45) is 0 Å². The first-order chi connectivity index (χ1) is 7.38. The fraction of sp³-hybridized carbons (Fsp3) is 0.400. The number of ether oxygens (including phenoxy) is 1. The lowest BCUT2D eigenvalue weighted by molar-refractivity contribution is -0.136. The number of esters is 1. The van der Waals surface area contributed by atoms with E-state index in [1.54, 1.807) is 0 Å². The van der Waals surface area contributed by atoms with E-state index < -0.39 is 18.0 Å². The predicted octanol–water partition coefficient (Wildman–Crippen LogP) is -0.284. The summed E-state index contributed by atoms with van der Waals surface area (Å²) in [5.74, 6) is -1.54. The van der Waals surface area contributed by atoms with Gasteiger partial charge >= 0.3 is 11.9 Å². The number of methoxy groups -OCH3 is 1. The van der Waals surface area contributed by atoms with Crippen LogP contribution < -0.4 is 0 Å². The summed E-state index contributed by atoms with van der Waals surface area (Å²) in [4.78, 5) is 19.9. The maximum Gasteiger partial charge on any atom is 0.333 e. The van der Waals surface area contributed by atoms with E-state index in [1.165, 1.54) is 7.11 Å². The maximum atomic E-state index is 10.6. The number of aliphatic hydroxyl groups is 2. The smallest absolute Gasteiger partial charge is 0.333 e. The fourth-order valence-corrected chi connectivity index (χ4v) is 0.577. The lowest BCUT2D eigenvalue weighted by Gasteiger charge is -2.06. The van der Waals surface area contributed by atoms with E-state index >= 15 is 0 Å². The summed E-state index contributed by atoms with van der Waals surface area (Å²) in [6.45, 7) is 5.95. The monoisotopic (exact) mass is 232 g/mol. The zero-order valence-corrected chi connectivity index (χ0v) is 9.05. The summed E-state index contributed by atoms with van der Waals surface area (Å²) in [6.07, 6.45) is -0.0509. The van der Waals surface area contributed by atoms with Crippen molar-refractivity contribution in [2.45, 2.75) is 12.5 Å². The molecule has 0 aromatic heterocycles. The maximum absolute atomic E-state index is 10.6. The van der Waals surface area contributed by atoms with Gasteiger partial charge in [-0.25, -0.2) is 9.59 Å². The second-order valence-corrected chi connectivity index (χ2v) is 2.68. The van der Waals surface area contributed by atoms with Crippen LogP contribution in [-0.4, -0.2) is 47.1 Å². The van der Waals surface area contributed by atoms with Crippen LogP contribution in [0.15, 0.2) is 24.8 Å². The topological polar surface area (TPSA) is 104 Å². The van der Waals surface area contributed by atoms with Crippen molar-refractivity contribution in [2.75, 3.05) is 13.7 Å². The number of hydrogen-bond acceptors (Lipinski definition) is 5. The van der Waals surface area contributed by atoms with Crippen LogP contribution in [0.4, 0.5) is 0 Å². The van der Waals surface area contributed by atoms with E-state index in [0.29, 0.717) is 0 Å². The Morgan fingerprint density at radius 3 is 2.19 bits per heavy atom. The van der Waals surface area contributed by atoms with Gasteiger partial charge < -0.3 is 20.1 Å². The van der Waals surface area contributed by atoms with Crippen LogP contribution in [0.5, 0.6) is 0 Å². The van der Waals surface area contributed by atoms with Gasteiger partial charge in [0.15, 0.2) is 0 Å². The molecule has 0 aromatic carbocycles. The number of carbonyl (C=O) groups is 2. The van der Waals surface area contributed by atoms with Crippen molar-refractivity contribution >= 4 is 11.9 Å². The summed E-state index contributed by atoms with van der Waals surface area (Å²) >= 11 is 0. The largest absolute Gasteiger partial charge is 0.478 e. The fourth-order valence-electron chi connectivity index (χ4n) is 0.577. The molecule has 1 atom stereocenters. The first-order valence-corrected chi connectivity index (χ1v) is 4.29. The molecule has 92 valence electrons. The quantitative estimate of drug-likeness (QED) is 0.444. The van der Waals surface area contributed by atoms with Crippen molar-refractivity contribution in [3.63, 3.8) is 0 Å². The minimum absolute atomic E-state index is 0.0448. The predicted molar refractivity (Wildman–Crippen MR) is 56.7 cm³/mol. The summed E-state index contributed by atoms with van der Waals surface area (Å²) < 4.78 is 4.33. The van der Waals surface area contributed by atoms with Crippen molar-refractivity contribution < 1.29 is 29.6 Å². The van der Waals surface area contributed by atoms with Crippen LogP contribution in [0.2, 0.25) is 0 Å². The number of hydrogen-bond donors (Lipinski definition) is 3. The molecular weight excluding hydrogens is 216 g/mol. The number of carboxylic acids is 1. The highest BCUT2D eigenvalue weighted by Gasteiger charge is 2.11. The van der Waals surface area contributed by atoms with Gasteiger partial charge in [-0.2, -0.15) is 0 Å². The van der Waals surface area contributed by atoms with Crippen LogP contribution in [0.1, 0.15) is 6.42 Å². The molecule has 1 unspecified atom stereocenters. The van der Waals surface area contributed by atoms with Crippen molar-refractivity contribution in [1.82, 2.24) is 0 Å². The molecule has 0 aliphatic heterocycles. The zero-order chi connectivity index (χ0) is 13.1. The van der Waals surface area contributed by atoms with Gasteiger partial charge in [0.05, 0.1) is 19.8 Å². The van der Waals surface area contributed by atoms with Gasteiger partial charge in [0.2, 0.25) is 0 Å². The highest BCUT2D eigenvalue weighted by Crippen LogP contribution is 2.03. The van der Waals surface area contributed by atoms with Gasteiger partial charge in [-0.1, -0.05) is 13.2 Å². The summed E-state index contributed by atoms with van der Waals surface area (Å²) in [6, 6.07) is 0. The third kappa shape index (κ3) is 10.4. The molecule has 0 radical (unpaired) electrons. The molecule has 6 nitrogen and oxygen atoms in total. The summed E-state index contributed by atoms with van der Waals surface area (Å²) in [5, 5.41) is 24.9. The molecule has 0 fully saturated rings. The number of aliphatic hydroxyl groups excluding tert-OH is 2. The van der Waals surface area contributed by atoms with Crippen LogP contribution in [-0.2, 0) is 14.3 Å². The van der Waals surface area contributed by atoms with Gasteiger partial charge in [-0.15, -0.1) is 0 Å². The SMILES string of the molecule is C=C(CC(O)CO)C(=O)OC.C=CC(=O)O. The molecule has 3 N–H and O–H groups in total. The average Bonchev–Trinajstić information content (AvgIpc) is 2.28. The number of aliphatic carboxylic acids is 1. The molecular formula is C10H16O6. The van der Waals surface area contributed by atoms with Crippen molar-refractivity contribution in [1.29, 1.82) is 0 Å². The van der Waals surface area contributed by atoms with E-state index in [0.717, 1.165) is 6.08 Å². The van der Waals surface area contributed by atoms with E-state index in [-0.39, 0.29) is 18.6 Å². The Labute approximate surface area is 93.5 Å². The number of carbonyl (C=O) groups excluding carboxylic acids is 1. The first kappa shape index (κ1) is 16.8. The number of carboxylic acid groups (broad SMARTS) is 1. The van der Waals surface area contributed by atoms with Crippen LogP contribution in [0, 0.1) is 0 Å². The second-order valence-electron chi connectivity index (χ2n) is 2.68. The average molecular weight is 232 g/mol. The Morgan fingerprint density at radius 1 is 1.50 bits per heavy atom.